The zero-order chi connectivity index (χ0) is 17.3. The summed E-state index contributed by atoms with van der Waals surface area (Å²) in [7, 11) is 0. The highest BCUT2D eigenvalue weighted by Gasteiger charge is 2.46. The van der Waals surface area contributed by atoms with Crippen LogP contribution in [-0.4, -0.2) is 5.97 Å². The Morgan fingerprint density at radius 3 is 1.88 bits per heavy atom. The summed E-state index contributed by atoms with van der Waals surface area (Å²) >= 11 is 0. The first-order valence-electron chi connectivity index (χ1n) is 8.59. The normalized spacial score (nSPS) is 14.8. The fourth-order valence-electron chi connectivity index (χ4n) is 3.78. The van der Waals surface area contributed by atoms with Crippen LogP contribution in [0.1, 0.15) is 32.6 Å². The van der Waals surface area contributed by atoms with Crippen molar-refractivity contribution in [2.45, 2.75) is 25.4 Å². The van der Waals surface area contributed by atoms with Crippen molar-refractivity contribution in [1.29, 1.82) is 0 Å². The van der Waals surface area contributed by atoms with Crippen molar-refractivity contribution in [3.05, 3.63) is 107 Å². The van der Waals surface area contributed by atoms with E-state index in [4.69, 9.17) is 4.74 Å². The lowest BCUT2D eigenvalue weighted by molar-refractivity contribution is -0.00821. The van der Waals surface area contributed by atoms with Gasteiger partial charge < -0.3 is 4.74 Å². The topological polar surface area (TPSA) is 26.3 Å². The number of hydrogen-bond donors (Lipinski definition) is 0. The maximum absolute atomic E-state index is 12.7. The smallest absolute Gasteiger partial charge is 0.339 e. The summed E-state index contributed by atoms with van der Waals surface area (Å²) in [6, 6.07) is 26.5. The molecule has 0 unspecified atom stereocenters. The van der Waals surface area contributed by atoms with E-state index in [-0.39, 0.29) is 5.97 Å². The average Bonchev–Trinajstić information content (AvgIpc) is 2.89. The summed E-state index contributed by atoms with van der Waals surface area (Å²) in [6.07, 6.45) is 1.34. The van der Waals surface area contributed by atoms with Crippen molar-refractivity contribution in [1.82, 2.24) is 0 Å². The first-order chi connectivity index (χ1) is 12.2. The molecule has 2 heteroatoms. The zero-order valence-electron chi connectivity index (χ0n) is 14.2. The van der Waals surface area contributed by atoms with Crippen molar-refractivity contribution in [2.75, 3.05) is 0 Å². The van der Waals surface area contributed by atoms with Gasteiger partial charge in [-0.05, 0) is 23.6 Å². The predicted molar refractivity (Wildman–Crippen MR) is 98.6 cm³/mol. The van der Waals surface area contributed by atoms with E-state index in [1.807, 2.05) is 61.5 Å². The predicted octanol–water partition coefficient (Wildman–Crippen LogP) is 4.85. The number of rotatable bonds is 4. The van der Waals surface area contributed by atoms with Crippen LogP contribution in [0.15, 0.2) is 78.9 Å². The number of carbonyl (C=O) groups excluding carboxylic acids is 1. The first kappa shape index (κ1) is 15.6. The van der Waals surface area contributed by atoms with E-state index in [9.17, 15) is 4.79 Å². The minimum absolute atomic E-state index is 0.208. The SMILES string of the molecule is Cc1cccc2c1C(=O)OC2(Cc1ccccc1)Cc1ccccc1. The Morgan fingerprint density at radius 1 is 0.760 bits per heavy atom. The number of esters is 1. The maximum atomic E-state index is 12.7. The molecule has 0 aliphatic carbocycles. The van der Waals surface area contributed by atoms with Gasteiger partial charge in [0, 0.05) is 18.4 Å². The standard InChI is InChI=1S/C23H20O2/c1-17-9-8-14-20-21(17)22(24)25-23(20,15-18-10-4-2-5-11-18)16-19-12-6-3-7-13-19/h2-14H,15-16H2,1H3. The highest BCUT2D eigenvalue weighted by atomic mass is 16.6. The zero-order valence-corrected chi connectivity index (χ0v) is 14.2. The van der Waals surface area contributed by atoms with E-state index < -0.39 is 5.60 Å². The van der Waals surface area contributed by atoms with Crippen LogP contribution in [0.2, 0.25) is 0 Å². The summed E-state index contributed by atoms with van der Waals surface area (Å²) in [5, 5.41) is 0. The van der Waals surface area contributed by atoms with E-state index >= 15 is 0 Å². The van der Waals surface area contributed by atoms with Gasteiger partial charge in [-0.1, -0.05) is 78.9 Å². The molecule has 2 nitrogen and oxygen atoms in total. The van der Waals surface area contributed by atoms with Gasteiger partial charge in [-0.3, -0.25) is 0 Å². The van der Waals surface area contributed by atoms with Crippen molar-refractivity contribution in [3.63, 3.8) is 0 Å². The molecule has 3 aromatic rings. The molecule has 1 heterocycles. The Bertz CT molecular complexity index is 856. The third-order valence-corrected chi connectivity index (χ3v) is 4.92. The lowest BCUT2D eigenvalue weighted by atomic mass is 9.81. The summed E-state index contributed by atoms with van der Waals surface area (Å²) in [5.74, 6) is -0.208. The molecule has 0 fully saturated rings. The second-order valence-electron chi connectivity index (χ2n) is 6.71. The first-order valence-corrected chi connectivity index (χ1v) is 8.59. The Hall–Kier alpha value is -2.87. The molecule has 25 heavy (non-hydrogen) atoms. The van der Waals surface area contributed by atoms with Gasteiger partial charge in [-0.25, -0.2) is 4.79 Å². The number of hydrogen-bond acceptors (Lipinski definition) is 2. The van der Waals surface area contributed by atoms with Crippen LogP contribution in [-0.2, 0) is 23.2 Å². The van der Waals surface area contributed by atoms with Gasteiger partial charge in [0.2, 0.25) is 0 Å². The molecule has 0 bridgehead atoms. The monoisotopic (exact) mass is 328 g/mol. The molecule has 124 valence electrons. The number of fused-ring (bicyclic) bond motifs is 1. The minimum Gasteiger partial charge on any atom is -0.450 e. The van der Waals surface area contributed by atoms with Crippen molar-refractivity contribution >= 4 is 5.97 Å². The van der Waals surface area contributed by atoms with Gasteiger partial charge in [0.05, 0.1) is 5.56 Å². The summed E-state index contributed by atoms with van der Waals surface area (Å²) < 4.78 is 6.07. The fourth-order valence-corrected chi connectivity index (χ4v) is 3.78. The van der Waals surface area contributed by atoms with Gasteiger partial charge in [0.15, 0.2) is 0 Å². The number of cyclic esters (lactones) is 1. The number of carbonyl (C=O) groups is 1. The molecule has 0 atom stereocenters. The molecule has 4 rings (SSSR count). The van der Waals surface area contributed by atoms with Crippen molar-refractivity contribution in [2.24, 2.45) is 0 Å². The summed E-state index contributed by atoms with van der Waals surface area (Å²) in [4.78, 5) is 12.7. The third-order valence-electron chi connectivity index (χ3n) is 4.92. The fraction of sp³-hybridized carbons (Fsp3) is 0.174. The average molecular weight is 328 g/mol. The molecule has 0 spiro atoms. The third kappa shape index (κ3) is 2.85. The molecular formula is C23H20O2. The van der Waals surface area contributed by atoms with Gasteiger partial charge in [0.1, 0.15) is 5.60 Å². The van der Waals surface area contributed by atoms with Gasteiger partial charge >= 0.3 is 5.97 Å². The van der Waals surface area contributed by atoms with Crippen LogP contribution in [0.3, 0.4) is 0 Å². The van der Waals surface area contributed by atoms with Crippen LogP contribution in [0.25, 0.3) is 0 Å². The molecule has 0 radical (unpaired) electrons. The highest BCUT2D eigenvalue weighted by molar-refractivity contribution is 5.96. The second kappa shape index (κ2) is 6.21. The van der Waals surface area contributed by atoms with E-state index in [0.29, 0.717) is 12.8 Å². The van der Waals surface area contributed by atoms with E-state index in [1.54, 1.807) is 0 Å². The molecule has 0 amide bonds. The second-order valence-corrected chi connectivity index (χ2v) is 6.71. The van der Waals surface area contributed by atoms with E-state index in [0.717, 1.165) is 16.7 Å². The Labute approximate surface area is 148 Å². The molecule has 1 aliphatic rings. The van der Waals surface area contributed by atoms with Gasteiger partial charge in [-0.2, -0.15) is 0 Å². The highest BCUT2D eigenvalue weighted by Crippen LogP contribution is 2.42. The number of aryl methyl sites for hydroxylation is 1. The van der Waals surface area contributed by atoms with Crippen molar-refractivity contribution in [3.8, 4) is 0 Å². The lowest BCUT2D eigenvalue weighted by Crippen LogP contribution is -2.32. The lowest BCUT2D eigenvalue weighted by Gasteiger charge is -2.29. The molecular weight excluding hydrogens is 308 g/mol. The van der Waals surface area contributed by atoms with Crippen LogP contribution < -0.4 is 0 Å². The molecule has 0 N–H and O–H groups in total. The number of benzene rings is 3. The van der Waals surface area contributed by atoms with E-state index in [2.05, 4.69) is 24.3 Å². The summed E-state index contributed by atoms with van der Waals surface area (Å²) in [5.41, 5.74) is 4.40. The van der Waals surface area contributed by atoms with Crippen LogP contribution in [0.4, 0.5) is 0 Å². The Kier molecular flexibility index (Phi) is 3.89. The maximum Gasteiger partial charge on any atom is 0.339 e. The minimum atomic E-state index is -0.652. The van der Waals surface area contributed by atoms with Crippen LogP contribution in [0, 0.1) is 6.92 Å². The largest absolute Gasteiger partial charge is 0.450 e. The van der Waals surface area contributed by atoms with Gasteiger partial charge in [-0.15, -0.1) is 0 Å². The van der Waals surface area contributed by atoms with Gasteiger partial charge in [0.25, 0.3) is 0 Å². The quantitative estimate of drug-likeness (QED) is 0.640. The Morgan fingerprint density at radius 2 is 1.32 bits per heavy atom. The number of ether oxygens (including phenoxy) is 1. The molecule has 1 aliphatic heterocycles. The summed E-state index contributed by atoms with van der Waals surface area (Å²) in [6.45, 7) is 1.97. The molecule has 0 saturated carbocycles. The molecule has 3 aromatic carbocycles. The van der Waals surface area contributed by atoms with Crippen LogP contribution >= 0.6 is 0 Å². The Balaban J connectivity index is 1.83. The van der Waals surface area contributed by atoms with E-state index in [1.165, 1.54) is 11.1 Å². The molecule has 0 aromatic heterocycles. The van der Waals surface area contributed by atoms with Crippen LogP contribution in [0.5, 0.6) is 0 Å². The molecule has 0 saturated heterocycles. The van der Waals surface area contributed by atoms with Crippen molar-refractivity contribution < 1.29 is 9.53 Å².